The highest BCUT2D eigenvalue weighted by Crippen LogP contribution is 1.84. The SMILES string of the molecule is C=C(C)C(=O)NC(C)N.Cl. The highest BCUT2D eigenvalue weighted by molar-refractivity contribution is 5.92. The first-order chi connectivity index (χ1) is 4.04. The van der Waals surface area contributed by atoms with Gasteiger partial charge in [-0.3, -0.25) is 4.79 Å². The zero-order chi connectivity index (χ0) is 7.44. The molecular formula is C6H13ClN2O. The molecule has 0 aromatic rings. The van der Waals surface area contributed by atoms with E-state index in [-0.39, 0.29) is 24.5 Å². The van der Waals surface area contributed by atoms with Crippen LogP contribution in [0.15, 0.2) is 12.2 Å². The fourth-order valence-corrected chi connectivity index (χ4v) is 0.330. The molecule has 0 saturated carbocycles. The fraction of sp³-hybridized carbons (Fsp3) is 0.500. The Morgan fingerprint density at radius 1 is 1.70 bits per heavy atom. The largest absolute Gasteiger partial charge is 0.338 e. The van der Waals surface area contributed by atoms with E-state index in [0.29, 0.717) is 5.57 Å². The molecule has 1 atom stereocenters. The van der Waals surface area contributed by atoms with Gasteiger partial charge in [0, 0.05) is 5.57 Å². The molecule has 0 aromatic heterocycles. The predicted molar refractivity (Wildman–Crippen MR) is 43.9 cm³/mol. The lowest BCUT2D eigenvalue weighted by atomic mass is 10.3. The van der Waals surface area contributed by atoms with Crippen LogP contribution >= 0.6 is 12.4 Å². The minimum atomic E-state index is -0.297. The third-order valence-electron chi connectivity index (χ3n) is 0.746. The predicted octanol–water partition coefficient (Wildman–Crippen LogP) is 0.405. The molecule has 60 valence electrons. The van der Waals surface area contributed by atoms with Gasteiger partial charge in [0.15, 0.2) is 0 Å². The third kappa shape index (κ3) is 5.59. The number of carbonyl (C=O) groups is 1. The van der Waals surface area contributed by atoms with Crippen molar-refractivity contribution in [2.45, 2.75) is 20.0 Å². The zero-order valence-electron chi connectivity index (χ0n) is 6.18. The lowest BCUT2D eigenvalue weighted by Crippen LogP contribution is -2.39. The summed E-state index contributed by atoms with van der Waals surface area (Å²) in [6.45, 7) is 6.77. The van der Waals surface area contributed by atoms with Crippen LogP contribution in [0.1, 0.15) is 13.8 Å². The summed E-state index contributed by atoms with van der Waals surface area (Å²) >= 11 is 0. The summed E-state index contributed by atoms with van der Waals surface area (Å²) < 4.78 is 0. The number of carbonyl (C=O) groups excluding carboxylic acids is 1. The van der Waals surface area contributed by atoms with Gasteiger partial charge in [-0.25, -0.2) is 0 Å². The molecule has 0 rings (SSSR count). The molecular weight excluding hydrogens is 152 g/mol. The van der Waals surface area contributed by atoms with E-state index in [4.69, 9.17) is 5.73 Å². The summed E-state index contributed by atoms with van der Waals surface area (Å²) in [7, 11) is 0. The van der Waals surface area contributed by atoms with Gasteiger partial charge in [-0.15, -0.1) is 12.4 Å². The summed E-state index contributed by atoms with van der Waals surface area (Å²) in [6.07, 6.45) is -0.297. The van der Waals surface area contributed by atoms with Crippen LogP contribution in [0.25, 0.3) is 0 Å². The summed E-state index contributed by atoms with van der Waals surface area (Å²) in [5, 5.41) is 2.48. The summed E-state index contributed by atoms with van der Waals surface area (Å²) in [4.78, 5) is 10.7. The number of amides is 1. The Kier molecular flexibility index (Phi) is 6.40. The van der Waals surface area contributed by atoms with Crippen LogP contribution in [0, 0.1) is 0 Å². The van der Waals surface area contributed by atoms with Crippen molar-refractivity contribution in [3.8, 4) is 0 Å². The van der Waals surface area contributed by atoms with Crippen molar-refractivity contribution in [2.75, 3.05) is 0 Å². The number of rotatable bonds is 2. The van der Waals surface area contributed by atoms with Gasteiger partial charge in [0.1, 0.15) is 0 Å². The molecule has 3 nitrogen and oxygen atoms in total. The standard InChI is InChI=1S/C6H12N2O.ClH/c1-4(2)6(9)8-5(3)7;/h5H,1,7H2,2-3H3,(H,8,9);1H. The van der Waals surface area contributed by atoms with Crippen LogP contribution in [0.3, 0.4) is 0 Å². The van der Waals surface area contributed by atoms with Gasteiger partial charge in [0.2, 0.25) is 5.91 Å². The smallest absolute Gasteiger partial charge is 0.247 e. The lowest BCUT2D eigenvalue weighted by molar-refractivity contribution is -0.117. The summed E-state index contributed by atoms with van der Waals surface area (Å²) in [5.41, 5.74) is 5.74. The van der Waals surface area contributed by atoms with Gasteiger partial charge in [0.05, 0.1) is 6.17 Å². The van der Waals surface area contributed by atoms with Crippen molar-refractivity contribution in [3.05, 3.63) is 12.2 Å². The van der Waals surface area contributed by atoms with E-state index in [1.165, 1.54) is 0 Å². The lowest BCUT2D eigenvalue weighted by Gasteiger charge is -2.06. The van der Waals surface area contributed by atoms with Gasteiger partial charge < -0.3 is 11.1 Å². The zero-order valence-corrected chi connectivity index (χ0v) is 6.99. The van der Waals surface area contributed by atoms with E-state index in [2.05, 4.69) is 11.9 Å². The van der Waals surface area contributed by atoms with E-state index in [1.54, 1.807) is 13.8 Å². The second-order valence-corrected chi connectivity index (χ2v) is 2.04. The Morgan fingerprint density at radius 3 is 2.20 bits per heavy atom. The second-order valence-electron chi connectivity index (χ2n) is 2.04. The van der Waals surface area contributed by atoms with Crippen LogP contribution in [0.2, 0.25) is 0 Å². The second kappa shape index (κ2) is 5.26. The van der Waals surface area contributed by atoms with Crippen LogP contribution in [0.5, 0.6) is 0 Å². The molecule has 4 heteroatoms. The number of hydrogen-bond acceptors (Lipinski definition) is 2. The van der Waals surface area contributed by atoms with Gasteiger partial charge in [-0.2, -0.15) is 0 Å². The Labute approximate surface area is 67.1 Å². The average Bonchev–Trinajstić information content (AvgIpc) is 1.63. The Hall–Kier alpha value is -0.540. The monoisotopic (exact) mass is 164 g/mol. The highest BCUT2D eigenvalue weighted by atomic mass is 35.5. The number of nitrogens with one attached hydrogen (secondary N) is 1. The van der Waals surface area contributed by atoms with E-state index >= 15 is 0 Å². The molecule has 1 amide bonds. The summed E-state index contributed by atoms with van der Waals surface area (Å²) in [6, 6.07) is 0. The van der Waals surface area contributed by atoms with Crippen molar-refractivity contribution in [3.63, 3.8) is 0 Å². The maximum Gasteiger partial charge on any atom is 0.247 e. The summed E-state index contributed by atoms with van der Waals surface area (Å²) in [5.74, 6) is -0.190. The number of nitrogens with two attached hydrogens (primary N) is 1. The topological polar surface area (TPSA) is 55.1 Å². The minimum Gasteiger partial charge on any atom is -0.338 e. The van der Waals surface area contributed by atoms with Gasteiger partial charge >= 0.3 is 0 Å². The first kappa shape index (κ1) is 12.2. The first-order valence-corrected chi connectivity index (χ1v) is 2.76. The van der Waals surface area contributed by atoms with Crippen molar-refractivity contribution in [1.82, 2.24) is 5.32 Å². The van der Waals surface area contributed by atoms with Gasteiger partial charge in [-0.1, -0.05) is 6.58 Å². The third-order valence-corrected chi connectivity index (χ3v) is 0.746. The van der Waals surface area contributed by atoms with E-state index in [1.807, 2.05) is 0 Å². The van der Waals surface area contributed by atoms with Crippen molar-refractivity contribution in [1.29, 1.82) is 0 Å². The minimum absolute atomic E-state index is 0. The molecule has 0 aliphatic rings. The first-order valence-electron chi connectivity index (χ1n) is 2.76. The molecule has 0 aliphatic heterocycles. The van der Waals surface area contributed by atoms with Gasteiger partial charge in [-0.05, 0) is 13.8 Å². The molecule has 0 bridgehead atoms. The molecule has 0 saturated heterocycles. The van der Waals surface area contributed by atoms with E-state index < -0.39 is 0 Å². The highest BCUT2D eigenvalue weighted by Gasteiger charge is 2.01. The normalized spacial score (nSPS) is 11.1. The Bertz CT molecular complexity index is 134. The number of halogens is 1. The molecule has 0 aliphatic carbocycles. The van der Waals surface area contributed by atoms with Crippen molar-refractivity contribution in [2.24, 2.45) is 5.73 Å². The molecule has 10 heavy (non-hydrogen) atoms. The Balaban J connectivity index is 0. The maximum atomic E-state index is 10.7. The van der Waals surface area contributed by atoms with Crippen LogP contribution in [0.4, 0.5) is 0 Å². The Morgan fingerprint density at radius 2 is 2.10 bits per heavy atom. The van der Waals surface area contributed by atoms with Gasteiger partial charge in [0.25, 0.3) is 0 Å². The molecule has 0 fully saturated rings. The molecule has 0 heterocycles. The molecule has 0 radical (unpaired) electrons. The van der Waals surface area contributed by atoms with Crippen molar-refractivity contribution < 1.29 is 4.79 Å². The number of hydrogen-bond donors (Lipinski definition) is 2. The fourth-order valence-electron chi connectivity index (χ4n) is 0.330. The average molecular weight is 165 g/mol. The van der Waals surface area contributed by atoms with E-state index in [9.17, 15) is 4.79 Å². The molecule has 0 aromatic carbocycles. The van der Waals surface area contributed by atoms with Crippen LogP contribution in [-0.2, 0) is 4.79 Å². The van der Waals surface area contributed by atoms with Crippen LogP contribution < -0.4 is 11.1 Å². The maximum absolute atomic E-state index is 10.7. The van der Waals surface area contributed by atoms with Crippen LogP contribution in [-0.4, -0.2) is 12.1 Å². The van der Waals surface area contributed by atoms with Crippen molar-refractivity contribution >= 4 is 18.3 Å². The molecule has 1 unspecified atom stereocenters. The van der Waals surface area contributed by atoms with E-state index in [0.717, 1.165) is 0 Å². The quantitative estimate of drug-likeness (QED) is 0.459. The molecule has 0 spiro atoms. The molecule has 3 N–H and O–H groups in total.